The first-order valence-corrected chi connectivity index (χ1v) is 9.40. The molecule has 1 N–H and O–H groups in total. The molecule has 0 saturated carbocycles. The molecule has 0 bridgehead atoms. The highest BCUT2D eigenvalue weighted by molar-refractivity contribution is 7.21. The summed E-state index contributed by atoms with van der Waals surface area (Å²) in [5.74, 6) is -0.270. The van der Waals surface area contributed by atoms with Gasteiger partial charge in [-0.2, -0.15) is 0 Å². The summed E-state index contributed by atoms with van der Waals surface area (Å²) in [6.45, 7) is 0. The van der Waals surface area contributed by atoms with Crippen LogP contribution in [0.15, 0.2) is 66.7 Å². The zero-order valence-electron chi connectivity index (χ0n) is 13.4. The Labute approximate surface area is 164 Å². The molecule has 4 rings (SSSR count). The lowest BCUT2D eigenvalue weighted by molar-refractivity contribution is 0.102. The number of hydrogen-bond acceptors (Lipinski definition) is 3. The summed E-state index contributed by atoms with van der Waals surface area (Å²) < 4.78 is 1.09. The van der Waals surface area contributed by atoms with Gasteiger partial charge in [-0.3, -0.25) is 4.79 Å². The summed E-state index contributed by atoms with van der Waals surface area (Å²) in [6.07, 6.45) is 0. The van der Waals surface area contributed by atoms with Crippen molar-refractivity contribution in [3.63, 3.8) is 0 Å². The number of rotatable bonds is 3. The zero-order valence-corrected chi connectivity index (χ0v) is 15.7. The Hall–Kier alpha value is -2.40. The third-order valence-electron chi connectivity index (χ3n) is 3.87. The van der Waals surface area contributed by atoms with Gasteiger partial charge in [0.1, 0.15) is 5.01 Å². The minimum atomic E-state index is -0.270. The van der Waals surface area contributed by atoms with Crippen LogP contribution in [0.4, 0.5) is 5.69 Å². The van der Waals surface area contributed by atoms with Crippen molar-refractivity contribution in [3.05, 3.63) is 82.3 Å². The van der Waals surface area contributed by atoms with Gasteiger partial charge in [0.25, 0.3) is 5.91 Å². The van der Waals surface area contributed by atoms with Gasteiger partial charge in [0.15, 0.2) is 0 Å². The molecule has 3 aromatic carbocycles. The molecule has 0 radical (unpaired) electrons. The van der Waals surface area contributed by atoms with Crippen molar-refractivity contribution in [1.29, 1.82) is 0 Å². The number of carbonyl (C=O) groups excluding carboxylic acids is 1. The van der Waals surface area contributed by atoms with Crippen molar-refractivity contribution in [2.45, 2.75) is 0 Å². The zero-order chi connectivity index (χ0) is 18.1. The van der Waals surface area contributed by atoms with Gasteiger partial charge in [0, 0.05) is 11.3 Å². The van der Waals surface area contributed by atoms with E-state index in [1.54, 1.807) is 47.7 Å². The van der Waals surface area contributed by atoms with Gasteiger partial charge in [0.2, 0.25) is 0 Å². The number of benzene rings is 3. The second kappa shape index (κ2) is 7.08. The van der Waals surface area contributed by atoms with E-state index in [4.69, 9.17) is 23.2 Å². The van der Waals surface area contributed by atoms with Gasteiger partial charge in [-0.1, -0.05) is 47.5 Å². The number of fused-ring (bicyclic) bond motifs is 1. The molecule has 4 aromatic rings. The van der Waals surface area contributed by atoms with E-state index in [0.29, 0.717) is 21.3 Å². The van der Waals surface area contributed by atoms with Crippen LogP contribution in [0.5, 0.6) is 0 Å². The third-order valence-corrected chi connectivity index (χ3v) is 5.60. The van der Waals surface area contributed by atoms with Crippen molar-refractivity contribution in [1.82, 2.24) is 4.98 Å². The van der Waals surface area contributed by atoms with E-state index in [1.807, 2.05) is 30.3 Å². The molecular formula is C20H12Cl2N2OS. The van der Waals surface area contributed by atoms with Crippen LogP contribution in [-0.2, 0) is 0 Å². The fourth-order valence-corrected chi connectivity index (χ4v) is 4.08. The summed E-state index contributed by atoms with van der Waals surface area (Å²) in [5, 5.41) is 4.67. The SMILES string of the molecule is O=C(Nc1ccc(Cl)c(-c2nc3ccccc3s2)c1)c1ccccc1Cl. The highest BCUT2D eigenvalue weighted by atomic mass is 35.5. The van der Waals surface area contributed by atoms with Crippen LogP contribution in [0.25, 0.3) is 20.8 Å². The van der Waals surface area contributed by atoms with Crippen LogP contribution in [0, 0.1) is 0 Å². The van der Waals surface area contributed by atoms with Crippen LogP contribution < -0.4 is 5.32 Å². The van der Waals surface area contributed by atoms with Crippen molar-refractivity contribution in [2.75, 3.05) is 5.32 Å². The Morgan fingerprint density at radius 1 is 0.923 bits per heavy atom. The van der Waals surface area contributed by atoms with E-state index < -0.39 is 0 Å². The average molecular weight is 399 g/mol. The lowest BCUT2D eigenvalue weighted by atomic mass is 10.1. The van der Waals surface area contributed by atoms with Gasteiger partial charge >= 0.3 is 0 Å². The summed E-state index contributed by atoms with van der Waals surface area (Å²) >= 11 is 14.0. The van der Waals surface area contributed by atoms with Crippen molar-refractivity contribution >= 4 is 56.3 Å². The number of nitrogens with one attached hydrogen (secondary N) is 1. The molecule has 26 heavy (non-hydrogen) atoms. The topological polar surface area (TPSA) is 42.0 Å². The van der Waals surface area contributed by atoms with E-state index in [0.717, 1.165) is 20.8 Å². The molecule has 0 fully saturated rings. The lowest BCUT2D eigenvalue weighted by Gasteiger charge is -2.09. The number of para-hydroxylation sites is 1. The van der Waals surface area contributed by atoms with Crippen molar-refractivity contribution < 1.29 is 4.79 Å². The molecule has 1 heterocycles. The molecule has 6 heteroatoms. The Kier molecular flexibility index (Phi) is 4.64. The standard InChI is InChI=1S/C20H12Cl2N2OS/c21-15-6-2-1-5-13(15)19(25)23-12-9-10-16(22)14(11-12)20-24-17-7-3-4-8-18(17)26-20/h1-11H,(H,23,25). The Bertz CT molecular complexity index is 1090. The number of hydrogen-bond donors (Lipinski definition) is 1. The Morgan fingerprint density at radius 2 is 1.69 bits per heavy atom. The quantitative estimate of drug-likeness (QED) is 0.426. The fourth-order valence-electron chi connectivity index (χ4n) is 2.60. The first-order valence-electron chi connectivity index (χ1n) is 7.83. The number of aromatic nitrogens is 1. The largest absolute Gasteiger partial charge is 0.322 e. The Morgan fingerprint density at radius 3 is 2.50 bits per heavy atom. The van der Waals surface area contributed by atoms with Crippen LogP contribution in [0.3, 0.4) is 0 Å². The number of thiazole rings is 1. The van der Waals surface area contributed by atoms with Crippen LogP contribution >= 0.6 is 34.5 Å². The predicted molar refractivity (Wildman–Crippen MR) is 109 cm³/mol. The first-order chi connectivity index (χ1) is 12.6. The highest BCUT2D eigenvalue weighted by Crippen LogP contribution is 2.36. The smallest absolute Gasteiger partial charge is 0.257 e. The predicted octanol–water partition coefficient (Wildman–Crippen LogP) is 6.52. The maximum atomic E-state index is 12.5. The second-order valence-electron chi connectivity index (χ2n) is 5.62. The molecule has 0 aliphatic carbocycles. The average Bonchev–Trinajstić information content (AvgIpc) is 3.07. The van der Waals surface area contributed by atoms with Crippen LogP contribution in [-0.4, -0.2) is 10.9 Å². The van der Waals surface area contributed by atoms with E-state index in [1.165, 1.54) is 0 Å². The number of carbonyl (C=O) groups is 1. The van der Waals surface area contributed by atoms with E-state index >= 15 is 0 Å². The molecule has 128 valence electrons. The molecule has 0 atom stereocenters. The molecule has 0 unspecified atom stereocenters. The summed E-state index contributed by atoms with van der Waals surface area (Å²) in [6, 6.07) is 20.2. The van der Waals surface area contributed by atoms with E-state index in [2.05, 4.69) is 10.3 Å². The number of nitrogens with zero attached hydrogens (tertiary/aromatic N) is 1. The molecule has 0 aliphatic rings. The number of amides is 1. The van der Waals surface area contributed by atoms with Crippen molar-refractivity contribution in [3.8, 4) is 10.6 Å². The maximum Gasteiger partial charge on any atom is 0.257 e. The van der Waals surface area contributed by atoms with Gasteiger partial charge in [0.05, 0.1) is 25.8 Å². The number of halogens is 2. The first kappa shape index (κ1) is 17.0. The van der Waals surface area contributed by atoms with E-state index in [-0.39, 0.29) is 5.91 Å². The summed E-state index contributed by atoms with van der Waals surface area (Å²) in [4.78, 5) is 17.1. The molecule has 3 nitrogen and oxygen atoms in total. The minimum Gasteiger partial charge on any atom is -0.322 e. The third kappa shape index (κ3) is 3.31. The van der Waals surface area contributed by atoms with Crippen LogP contribution in [0.2, 0.25) is 10.0 Å². The molecule has 1 amide bonds. The molecule has 0 aliphatic heterocycles. The maximum absolute atomic E-state index is 12.5. The summed E-state index contributed by atoms with van der Waals surface area (Å²) in [7, 11) is 0. The molecule has 0 spiro atoms. The van der Waals surface area contributed by atoms with Gasteiger partial charge in [-0.25, -0.2) is 4.98 Å². The second-order valence-corrected chi connectivity index (χ2v) is 7.46. The van der Waals surface area contributed by atoms with Gasteiger partial charge in [-0.15, -0.1) is 11.3 Å². The molecular weight excluding hydrogens is 387 g/mol. The molecule has 0 saturated heterocycles. The van der Waals surface area contributed by atoms with Crippen molar-refractivity contribution in [2.24, 2.45) is 0 Å². The van der Waals surface area contributed by atoms with Gasteiger partial charge < -0.3 is 5.32 Å². The van der Waals surface area contributed by atoms with E-state index in [9.17, 15) is 4.79 Å². The monoisotopic (exact) mass is 398 g/mol. The van der Waals surface area contributed by atoms with Gasteiger partial charge in [-0.05, 0) is 42.5 Å². The highest BCUT2D eigenvalue weighted by Gasteiger charge is 2.13. The minimum absolute atomic E-state index is 0.270. The lowest BCUT2D eigenvalue weighted by Crippen LogP contribution is -2.12. The number of anilines is 1. The normalized spacial score (nSPS) is 10.8. The Balaban J connectivity index is 1.68. The molecule has 1 aromatic heterocycles. The van der Waals surface area contributed by atoms with Crippen LogP contribution in [0.1, 0.15) is 10.4 Å². The fraction of sp³-hybridized carbons (Fsp3) is 0. The summed E-state index contributed by atoms with van der Waals surface area (Å²) in [5.41, 5.74) is 2.76.